The minimum absolute atomic E-state index is 0.823. The van der Waals surface area contributed by atoms with E-state index in [-0.39, 0.29) is 0 Å². The molecule has 1 heterocycles. The molecule has 0 unspecified atom stereocenters. The lowest BCUT2D eigenvalue weighted by Gasteiger charge is -2.42. The van der Waals surface area contributed by atoms with E-state index in [1.54, 1.807) is 0 Å². The van der Waals surface area contributed by atoms with Crippen molar-refractivity contribution < 1.29 is 0 Å². The highest BCUT2D eigenvalue weighted by Gasteiger charge is 2.26. The lowest BCUT2D eigenvalue weighted by Crippen LogP contribution is -2.51. The van der Waals surface area contributed by atoms with E-state index in [0.717, 1.165) is 30.1 Å². The molecule has 2 fully saturated rings. The van der Waals surface area contributed by atoms with Crippen molar-refractivity contribution in [1.82, 2.24) is 4.90 Å². The van der Waals surface area contributed by atoms with E-state index in [4.69, 9.17) is 11.6 Å². The van der Waals surface area contributed by atoms with E-state index in [1.807, 2.05) is 12.1 Å². The first-order valence-electron chi connectivity index (χ1n) is 7.97. The molecule has 0 radical (unpaired) electrons. The Morgan fingerprint density at radius 2 is 1.50 bits per heavy atom. The van der Waals surface area contributed by atoms with Gasteiger partial charge in [-0.15, -0.1) is 0 Å². The second-order valence-corrected chi connectivity index (χ2v) is 6.85. The van der Waals surface area contributed by atoms with E-state index in [0.29, 0.717) is 0 Å². The zero-order valence-electron chi connectivity index (χ0n) is 12.4. The highest BCUT2D eigenvalue weighted by Crippen LogP contribution is 2.28. The Morgan fingerprint density at radius 3 is 2.10 bits per heavy atom. The van der Waals surface area contributed by atoms with Crippen LogP contribution < -0.4 is 4.90 Å². The maximum absolute atomic E-state index is 5.96. The van der Waals surface area contributed by atoms with Crippen LogP contribution in [0.25, 0.3) is 0 Å². The summed E-state index contributed by atoms with van der Waals surface area (Å²) in [6, 6.07) is 9.11. The Hall–Kier alpha value is -0.730. The van der Waals surface area contributed by atoms with Gasteiger partial charge >= 0.3 is 0 Å². The Bertz CT molecular complexity index is 415. The van der Waals surface area contributed by atoms with Crippen LogP contribution in [0.3, 0.4) is 0 Å². The van der Waals surface area contributed by atoms with Gasteiger partial charge in [-0.2, -0.15) is 0 Å². The zero-order valence-corrected chi connectivity index (χ0v) is 13.1. The second-order valence-electron chi connectivity index (χ2n) is 6.41. The number of piperazine rings is 1. The van der Waals surface area contributed by atoms with Gasteiger partial charge in [-0.1, -0.05) is 18.5 Å². The van der Waals surface area contributed by atoms with E-state index in [2.05, 4.69) is 28.9 Å². The molecule has 1 aliphatic heterocycles. The molecule has 1 aromatic carbocycles. The fourth-order valence-corrected chi connectivity index (χ4v) is 3.73. The summed E-state index contributed by atoms with van der Waals surface area (Å²) in [5.74, 6) is 0.946. The van der Waals surface area contributed by atoms with Crippen molar-refractivity contribution in [3.63, 3.8) is 0 Å². The summed E-state index contributed by atoms with van der Waals surface area (Å²) in [7, 11) is 0. The Balaban J connectivity index is 1.53. The van der Waals surface area contributed by atoms with E-state index in [1.165, 1.54) is 44.5 Å². The van der Waals surface area contributed by atoms with Gasteiger partial charge in [0, 0.05) is 42.9 Å². The van der Waals surface area contributed by atoms with Crippen molar-refractivity contribution in [2.75, 3.05) is 31.1 Å². The van der Waals surface area contributed by atoms with Gasteiger partial charge in [-0.25, -0.2) is 0 Å². The lowest BCUT2D eigenvalue weighted by molar-refractivity contribution is 0.133. The number of halogens is 1. The molecule has 3 rings (SSSR count). The van der Waals surface area contributed by atoms with Gasteiger partial charge in [0.2, 0.25) is 0 Å². The van der Waals surface area contributed by atoms with Crippen molar-refractivity contribution in [2.24, 2.45) is 5.92 Å². The van der Waals surface area contributed by atoms with Gasteiger partial charge < -0.3 is 4.90 Å². The number of rotatable bonds is 2. The predicted molar refractivity (Wildman–Crippen MR) is 86.7 cm³/mol. The molecule has 0 atom stereocenters. The summed E-state index contributed by atoms with van der Waals surface area (Å²) in [6.07, 6.45) is 5.65. The van der Waals surface area contributed by atoms with Gasteiger partial charge in [0.15, 0.2) is 0 Å². The number of hydrogen-bond acceptors (Lipinski definition) is 2. The Kier molecular flexibility index (Phi) is 4.52. The molecule has 0 spiro atoms. The van der Waals surface area contributed by atoms with Crippen LogP contribution in [0.5, 0.6) is 0 Å². The van der Waals surface area contributed by atoms with Crippen LogP contribution in [0.4, 0.5) is 5.69 Å². The Morgan fingerprint density at radius 1 is 0.900 bits per heavy atom. The second kappa shape index (κ2) is 6.36. The molecule has 2 nitrogen and oxygen atoms in total. The molecular formula is C17H25ClN2. The third kappa shape index (κ3) is 3.29. The summed E-state index contributed by atoms with van der Waals surface area (Å²) in [6.45, 7) is 7.11. The van der Waals surface area contributed by atoms with Crippen molar-refractivity contribution in [2.45, 2.75) is 38.6 Å². The largest absolute Gasteiger partial charge is 0.369 e. The standard InChI is InChI=1S/C17H25ClN2/c1-14-2-6-16(7-3-14)19-10-12-20(13-11-19)17-8-4-15(18)5-9-17/h4-5,8-9,14,16H,2-3,6-7,10-13H2,1H3. The van der Waals surface area contributed by atoms with Crippen molar-refractivity contribution in [3.05, 3.63) is 29.3 Å². The molecule has 110 valence electrons. The normalized spacial score (nSPS) is 28.6. The molecule has 20 heavy (non-hydrogen) atoms. The number of anilines is 1. The Labute approximate surface area is 127 Å². The monoisotopic (exact) mass is 292 g/mol. The molecule has 1 aliphatic carbocycles. The van der Waals surface area contributed by atoms with Gasteiger partial charge in [-0.05, 0) is 55.9 Å². The fraction of sp³-hybridized carbons (Fsp3) is 0.647. The first kappa shape index (κ1) is 14.2. The molecule has 1 saturated carbocycles. The van der Waals surface area contributed by atoms with Crippen LogP contribution in [0.15, 0.2) is 24.3 Å². The average molecular weight is 293 g/mol. The van der Waals surface area contributed by atoms with Crippen molar-refractivity contribution >= 4 is 17.3 Å². The molecule has 3 heteroatoms. The lowest BCUT2D eigenvalue weighted by atomic mass is 9.86. The fourth-order valence-electron chi connectivity index (χ4n) is 3.60. The van der Waals surface area contributed by atoms with Crippen molar-refractivity contribution in [3.8, 4) is 0 Å². The number of benzene rings is 1. The molecule has 0 aromatic heterocycles. The van der Waals surface area contributed by atoms with Gasteiger partial charge in [-0.3, -0.25) is 4.90 Å². The summed E-state index contributed by atoms with van der Waals surface area (Å²) >= 11 is 5.96. The first-order chi connectivity index (χ1) is 9.72. The summed E-state index contributed by atoms with van der Waals surface area (Å²) < 4.78 is 0. The van der Waals surface area contributed by atoms with Crippen LogP contribution in [-0.2, 0) is 0 Å². The smallest absolute Gasteiger partial charge is 0.0407 e. The van der Waals surface area contributed by atoms with Crippen LogP contribution in [0.2, 0.25) is 5.02 Å². The van der Waals surface area contributed by atoms with E-state index >= 15 is 0 Å². The third-order valence-corrected chi connectivity index (χ3v) is 5.26. The molecule has 1 saturated heterocycles. The molecular weight excluding hydrogens is 268 g/mol. The summed E-state index contributed by atoms with van der Waals surface area (Å²) in [5.41, 5.74) is 1.31. The molecule has 0 N–H and O–H groups in total. The third-order valence-electron chi connectivity index (χ3n) is 5.01. The van der Waals surface area contributed by atoms with Crippen LogP contribution in [0, 0.1) is 5.92 Å². The topological polar surface area (TPSA) is 6.48 Å². The summed E-state index contributed by atoms with van der Waals surface area (Å²) in [5, 5.41) is 0.823. The number of nitrogens with zero attached hydrogens (tertiary/aromatic N) is 2. The van der Waals surface area contributed by atoms with E-state index in [9.17, 15) is 0 Å². The van der Waals surface area contributed by atoms with Crippen LogP contribution >= 0.6 is 11.6 Å². The minimum atomic E-state index is 0.823. The zero-order chi connectivity index (χ0) is 13.9. The summed E-state index contributed by atoms with van der Waals surface area (Å²) in [4.78, 5) is 5.20. The molecule has 0 bridgehead atoms. The molecule has 2 aliphatic rings. The first-order valence-corrected chi connectivity index (χ1v) is 8.35. The van der Waals surface area contributed by atoms with Crippen LogP contribution in [0.1, 0.15) is 32.6 Å². The minimum Gasteiger partial charge on any atom is -0.369 e. The van der Waals surface area contributed by atoms with Crippen LogP contribution in [-0.4, -0.2) is 37.1 Å². The number of hydrogen-bond donors (Lipinski definition) is 0. The average Bonchev–Trinajstić information content (AvgIpc) is 2.49. The van der Waals surface area contributed by atoms with Gasteiger partial charge in [0.05, 0.1) is 0 Å². The quantitative estimate of drug-likeness (QED) is 0.812. The van der Waals surface area contributed by atoms with Gasteiger partial charge in [0.25, 0.3) is 0 Å². The molecule has 0 amide bonds. The van der Waals surface area contributed by atoms with Gasteiger partial charge in [0.1, 0.15) is 0 Å². The maximum Gasteiger partial charge on any atom is 0.0407 e. The molecule has 1 aromatic rings. The maximum atomic E-state index is 5.96. The highest BCUT2D eigenvalue weighted by atomic mass is 35.5. The SMILES string of the molecule is CC1CCC(N2CCN(c3ccc(Cl)cc3)CC2)CC1. The predicted octanol–water partition coefficient (Wildman–Crippen LogP) is 4.04. The van der Waals surface area contributed by atoms with E-state index < -0.39 is 0 Å². The van der Waals surface area contributed by atoms with Crippen molar-refractivity contribution in [1.29, 1.82) is 0 Å². The highest BCUT2D eigenvalue weighted by molar-refractivity contribution is 6.30.